The van der Waals surface area contributed by atoms with Crippen LogP contribution in [0.15, 0.2) is 0 Å². The van der Waals surface area contributed by atoms with Crippen molar-refractivity contribution in [2.75, 3.05) is 19.6 Å². The van der Waals surface area contributed by atoms with Crippen LogP contribution in [0, 0.1) is 5.41 Å². The Morgan fingerprint density at radius 3 is 1.82 bits per heavy atom. The van der Waals surface area contributed by atoms with Gasteiger partial charge in [0.25, 0.3) is 0 Å². The molecule has 0 aliphatic carbocycles. The minimum absolute atomic E-state index is 0.324. The van der Waals surface area contributed by atoms with Gasteiger partial charge in [-0.25, -0.2) is 0 Å². The highest BCUT2D eigenvalue weighted by atomic mass is 15.3. The third-order valence-corrected chi connectivity index (χ3v) is 5.03. The van der Waals surface area contributed by atoms with Crippen LogP contribution in [-0.2, 0) is 0 Å². The molecule has 0 saturated carbocycles. The second-order valence-electron chi connectivity index (χ2n) is 8.18. The van der Waals surface area contributed by atoms with Gasteiger partial charge in [0.15, 0.2) is 0 Å². The molecule has 100 valence electrons. The lowest BCUT2D eigenvalue weighted by atomic mass is 9.71. The Balaban J connectivity index is 2.03. The first-order valence-electron chi connectivity index (χ1n) is 7.08. The minimum atomic E-state index is 0.324. The van der Waals surface area contributed by atoms with Crippen molar-refractivity contribution >= 4 is 0 Å². The fourth-order valence-electron chi connectivity index (χ4n) is 3.60. The van der Waals surface area contributed by atoms with Crippen molar-refractivity contribution in [3.8, 4) is 0 Å². The summed E-state index contributed by atoms with van der Waals surface area (Å²) in [6.45, 7) is 20.4. The predicted molar refractivity (Wildman–Crippen MR) is 74.3 cm³/mol. The lowest BCUT2D eigenvalue weighted by molar-refractivity contribution is -0.0798. The van der Waals surface area contributed by atoms with Crippen LogP contribution < -0.4 is 0 Å². The highest BCUT2D eigenvalue weighted by molar-refractivity contribution is 5.10. The molecular formula is C15H30N2. The van der Waals surface area contributed by atoms with Crippen LogP contribution in [0.1, 0.15) is 54.9 Å². The van der Waals surface area contributed by atoms with Crippen molar-refractivity contribution in [3.63, 3.8) is 0 Å². The Hall–Kier alpha value is -0.0800. The van der Waals surface area contributed by atoms with E-state index in [0.29, 0.717) is 16.5 Å². The van der Waals surface area contributed by atoms with Crippen LogP contribution in [-0.4, -0.2) is 46.6 Å². The molecule has 1 atom stereocenters. The van der Waals surface area contributed by atoms with E-state index in [9.17, 15) is 0 Å². The highest BCUT2D eigenvalue weighted by Gasteiger charge is 2.55. The summed E-state index contributed by atoms with van der Waals surface area (Å²) >= 11 is 0. The van der Waals surface area contributed by atoms with Crippen molar-refractivity contribution in [1.29, 1.82) is 0 Å². The Morgan fingerprint density at radius 1 is 0.941 bits per heavy atom. The second-order valence-corrected chi connectivity index (χ2v) is 8.18. The van der Waals surface area contributed by atoms with E-state index >= 15 is 0 Å². The van der Waals surface area contributed by atoms with Crippen LogP contribution in [0.2, 0.25) is 0 Å². The number of hydrogen-bond acceptors (Lipinski definition) is 2. The largest absolute Gasteiger partial charge is 0.297 e. The van der Waals surface area contributed by atoms with E-state index in [2.05, 4.69) is 58.3 Å². The zero-order chi connectivity index (χ0) is 13.1. The van der Waals surface area contributed by atoms with Gasteiger partial charge in [-0.2, -0.15) is 0 Å². The first kappa shape index (κ1) is 13.4. The molecule has 0 N–H and O–H groups in total. The Kier molecular flexibility index (Phi) is 2.91. The van der Waals surface area contributed by atoms with Gasteiger partial charge in [-0.15, -0.1) is 0 Å². The Bertz CT molecular complexity index is 289. The third kappa shape index (κ3) is 2.15. The lowest BCUT2D eigenvalue weighted by Crippen LogP contribution is -2.66. The van der Waals surface area contributed by atoms with E-state index in [0.717, 1.165) is 6.04 Å². The molecule has 2 aliphatic rings. The number of hydrogen-bond donors (Lipinski definition) is 0. The zero-order valence-corrected chi connectivity index (χ0v) is 12.8. The Labute approximate surface area is 107 Å². The molecule has 1 spiro atoms. The lowest BCUT2D eigenvalue weighted by Gasteiger charge is -2.57. The van der Waals surface area contributed by atoms with Crippen LogP contribution in [0.4, 0.5) is 0 Å². The van der Waals surface area contributed by atoms with Gasteiger partial charge in [0.1, 0.15) is 0 Å². The van der Waals surface area contributed by atoms with Crippen LogP contribution in [0.3, 0.4) is 0 Å². The van der Waals surface area contributed by atoms with E-state index in [4.69, 9.17) is 0 Å². The first-order valence-corrected chi connectivity index (χ1v) is 7.08. The van der Waals surface area contributed by atoms with Crippen molar-refractivity contribution in [1.82, 2.24) is 9.80 Å². The molecule has 2 heterocycles. The average molecular weight is 238 g/mol. The van der Waals surface area contributed by atoms with Crippen LogP contribution in [0.25, 0.3) is 0 Å². The molecule has 0 unspecified atom stereocenters. The number of likely N-dealkylation sites (tertiary alicyclic amines) is 2. The predicted octanol–water partition coefficient (Wildman–Crippen LogP) is 2.98. The molecule has 0 radical (unpaired) electrons. The summed E-state index contributed by atoms with van der Waals surface area (Å²) in [6.07, 6.45) is 1.39. The van der Waals surface area contributed by atoms with Gasteiger partial charge in [0.05, 0.1) is 0 Å². The van der Waals surface area contributed by atoms with Gasteiger partial charge >= 0.3 is 0 Å². The summed E-state index contributed by atoms with van der Waals surface area (Å²) in [5.74, 6) is 0. The summed E-state index contributed by atoms with van der Waals surface area (Å²) in [5, 5.41) is 0. The van der Waals surface area contributed by atoms with E-state index in [1.165, 1.54) is 26.1 Å². The molecule has 0 bridgehead atoms. The smallest absolute Gasteiger partial charge is 0.0154 e. The van der Waals surface area contributed by atoms with Gasteiger partial charge < -0.3 is 0 Å². The van der Waals surface area contributed by atoms with E-state index in [-0.39, 0.29) is 0 Å². The van der Waals surface area contributed by atoms with Gasteiger partial charge in [-0.05, 0) is 61.4 Å². The maximum Gasteiger partial charge on any atom is 0.0154 e. The third-order valence-electron chi connectivity index (χ3n) is 5.03. The monoisotopic (exact) mass is 238 g/mol. The summed E-state index contributed by atoms with van der Waals surface area (Å²) in [5.41, 5.74) is 1.26. The summed E-state index contributed by atoms with van der Waals surface area (Å²) in [7, 11) is 0. The summed E-state index contributed by atoms with van der Waals surface area (Å²) < 4.78 is 0. The zero-order valence-electron chi connectivity index (χ0n) is 12.8. The molecule has 17 heavy (non-hydrogen) atoms. The Morgan fingerprint density at radius 2 is 1.47 bits per heavy atom. The first-order chi connectivity index (χ1) is 7.56. The maximum atomic E-state index is 2.70. The van der Waals surface area contributed by atoms with Crippen molar-refractivity contribution in [3.05, 3.63) is 0 Å². The maximum absolute atomic E-state index is 2.70. The van der Waals surface area contributed by atoms with E-state index in [1.807, 2.05) is 0 Å². The SMILES string of the molecule is C[C@@H]1N(C(C)(C)C)CCC12CN(C(C)(C)C)C2. The standard InChI is InChI=1S/C15H30N2/c1-12-15(8-9-17(12)14(5,6)7)10-16(11-15)13(2,3)4/h12H,8-11H2,1-7H3/t12-/m0/s1. The normalized spacial score (nSPS) is 30.9. The fraction of sp³-hybridized carbons (Fsp3) is 1.00. The number of nitrogens with zero attached hydrogens (tertiary/aromatic N) is 2. The molecule has 0 amide bonds. The van der Waals surface area contributed by atoms with E-state index < -0.39 is 0 Å². The summed E-state index contributed by atoms with van der Waals surface area (Å²) in [6, 6.07) is 0.737. The quantitative estimate of drug-likeness (QED) is 0.640. The van der Waals surface area contributed by atoms with E-state index in [1.54, 1.807) is 0 Å². The molecule has 2 rings (SSSR count). The molecule has 0 aromatic heterocycles. The molecule has 0 aromatic rings. The molecular weight excluding hydrogens is 208 g/mol. The van der Waals surface area contributed by atoms with Gasteiger partial charge in [-0.3, -0.25) is 9.80 Å². The average Bonchev–Trinajstić information content (AvgIpc) is 2.36. The van der Waals surface area contributed by atoms with Gasteiger partial charge in [0.2, 0.25) is 0 Å². The minimum Gasteiger partial charge on any atom is -0.297 e. The summed E-state index contributed by atoms with van der Waals surface area (Å²) in [4.78, 5) is 5.34. The number of rotatable bonds is 0. The second kappa shape index (κ2) is 3.71. The highest BCUT2D eigenvalue weighted by Crippen LogP contribution is 2.48. The molecule has 2 fully saturated rings. The topological polar surface area (TPSA) is 6.48 Å². The van der Waals surface area contributed by atoms with Crippen molar-refractivity contribution in [2.45, 2.75) is 72.0 Å². The van der Waals surface area contributed by atoms with Crippen molar-refractivity contribution in [2.24, 2.45) is 5.41 Å². The van der Waals surface area contributed by atoms with Crippen molar-refractivity contribution < 1.29 is 0 Å². The molecule has 0 aromatic carbocycles. The molecule has 2 nitrogen and oxygen atoms in total. The molecule has 2 saturated heterocycles. The van der Waals surface area contributed by atoms with Gasteiger partial charge in [0, 0.05) is 35.6 Å². The molecule has 2 aliphatic heterocycles. The fourth-order valence-corrected chi connectivity index (χ4v) is 3.60. The van der Waals surface area contributed by atoms with Crippen LogP contribution in [0.5, 0.6) is 0 Å². The van der Waals surface area contributed by atoms with Gasteiger partial charge in [-0.1, -0.05) is 0 Å². The van der Waals surface area contributed by atoms with Crippen LogP contribution >= 0.6 is 0 Å². The molecule has 2 heteroatoms.